The normalized spacial score (nSPS) is 20.8. The second-order valence-corrected chi connectivity index (χ2v) is 9.13. The van der Waals surface area contributed by atoms with Crippen LogP contribution in [0.3, 0.4) is 0 Å². The number of benzene rings is 1. The molecule has 1 aliphatic carbocycles. The molecule has 4 rings (SSSR count). The van der Waals surface area contributed by atoms with Crippen molar-refractivity contribution in [1.29, 1.82) is 5.26 Å². The number of nitriles is 1. The predicted octanol–water partition coefficient (Wildman–Crippen LogP) is 6.04. The zero-order valence-corrected chi connectivity index (χ0v) is 19.0. The van der Waals surface area contributed by atoms with Gasteiger partial charge in [-0.05, 0) is 49.1 Å². The lowest BCUT2D eigenvalue weighted by atomic mass is 9.75. The van der Waals surface area contributed by atoms with E-state index < -0.39 is 5.82 Å². The van der Waals surface area contributed by atoms with E-state index in [0.29, 0.717) is 29.1 Å². The van der Waals surface area contributed by atoms with Crippen molar-refractivity contribution in [2.75, 3.05) is 0 Å². The van der Waals surface area contributed by atoms with E-state index >= 15 is 0 Å². The van der Waals surface area contributed by atoms with E-state index in [0.717, 1.165) is 25.2 Å². The molecule has 6 nitrogen and oxygen atoms in total. The molecule has 0 radical (unpaired) electrons. The van der Waals surface area contributed by atoms with Gasteiger partial charge in [0.2, 0.25) is 0 Å². The number of ether oxygens (including phenoxy) is 1. The first-order valence-corrected chi connectivity index (χ1v) is 11.2. The summed E-state index contributed by atoms with van der Waals surface area (Å²) < 4.78 is 20.4. The Labute approximate surface area is 191 Å². The maximum Gasteiger partial charge on any atom is 0.316 e. The van der Waals surface area contributed by atoms with Crippen molar-refractivity contribution in [3.8, 4) is 34.7 Å². The lowest BCUT2D eigenvalue weighted by Crippen LogP contribution is -2.34. The molecule has 1 saturated carbocycles. The van der Waals surface area contributed by atoms with Crippen molar-refractivity contribution < 1.29 is 9.13 Å². The Morgan fingerprint density at radius 2 is 2.00 bits per heavy atom. The van der Waals surface area contributed by atoms with Crippen LogP contribution in [0.1, 0.15) is 45.7 Å². The molecule has 8 heteroatoms. The van der Waals surface area contributed by atoms with Gasteiger partial charge in [-0.1, -0.05) is 38.4 Å². The summed E-state index contributed by atoms with van der Waals surface area (Å²) in [6, 6.07) is 6.71. The standard InChI is InChI=1S/C24H25ClFN5O/c1-13(2)15-7-8-20(14(3)9-15)32-24-28-11-16(12-29-24)22-19(10-27)30-23(31-22)21-17(25)5-4-6-18(21)26/h4-6,11-15,20H,7-9H2,1-3H3,(H,30,31)/t14-,15+,20+/m1/s1. The zero-order chi connectivity index (χ0) is 22.8. The summed E-state index contributed by atoms with van der Waals surface area (Å²) in [5.74, 6) is 1.50. The zero-order valence-electron chi connectivity index (χ0n) is 18.3. The first kappa shape index (κ1) is 22.2. The fourth-order valence-corrected chi connectivity index (χ4v) is 4.59. The molecule has 0 bridgehead atoms. The average molecular weight is 454 g/mol. The van der Waals surface area contributed by atoms with Crippen LogP contribution in [0.15, 0.2) is 30.6 Å². The minimum Gasteiger partial charge on any atom is -0.460 e. The topological polar surface area (TPSA) is 87.5 Å². The van der Waals surface area contributed by atoms with Gasteiger partial charge in [-0.3, -0.25) is 0 Å². The number of aromatic nitrogens is 4. The Kier molecular flexibility index (Phi) is 6.43. The molecule has 1 aliphatic rings. The van der Waals surface area contributed by atoms with Gasteiger partial charge in [-0.2, -0.15) is 5.26 Å². The average Bonchev–Trinajstić information content (AvgIpc) is 3.19. The van der Waals surface area contributed by atoms with Gasteiger partial charge in [0.1, 0.15) is 23.8 Å². The van der Waals surface area contributed by atoms with Crippen molar-refractivity contribution in [2.24, 2.45) is 17.8 Å². The maximum atomic E-state index is 14.3. The molecular formula is C24H25ClFN5O. The molecule has 2 heterocycles. The van der Waals surface area contributed by atoms with Gasteiger partial charge >= 0.3 is 6.01 Å². The second-order valence-electron chi connectivity index (χ2n) is 8.72. The van der Waals surface area contributed by atoms with E-state index in [1.54, 1.807) is 18.5 Å². The second kappa shape index (κ2) is 9.25. The Hall–Kier alpha value is -2.98. The molecule has 32 heavy (non-hydrogen) atoms. The highest BCUT2D eigenvalue weighted by Crippen LogP contribution is 2.35. The number of hydrogen-bond acceptors (Lipinski definition) is 5. The summed E-state index contributed by atoms with van der Waals surface area (Å²) in [4.78, 5) is 15.9. The minimum atomic E-state index is -0.524. The number of nitrogens with zero attached hydrogens (tertiary/aromatic N) is 4. The highest BCUT2D eigenvalue weighted by molar-refractivity contribution is 6.33. The van der Waals surface area contributed by atoms with Crippen molar-refractivity contribution in [1.82, 2.24) is 19.9 Å². The molecule has 3 aromatic rings. The Morgan fingerprint density at radius 3 is 2.62 bits per heavy atom. The quantitative estimate of drug-likeness (QED) is 0.509. The monoisotopic (exact) mass is 453 g/mol. The van der Waals surface area contributed by atoms with Gasteiger partial charge in [0.15, 0.2) is 5.69 Å². The molecule has 0 unspecified atom stereocenters. The van der Waals surface area contributed by atoms with Crippen molar-refractivity contribution in [3.05, 3.63) is 47.1 Å². The Bertz CT molecular complexity index is 1120. The summed E-state index contributed by atoms with van der Waals surface area (Å²) in [5.41, 5.74) is 1.18. The van der Waals surface area contributed by atoms with Crippen LogP contribution in [0.2, 0.25) is 5.02 Å². The van der Waals surface area contributed by atoms with Gasteiger partial charge in [0.05, 0.1) is 16.3 Å². The summed E-state index contributed by atoms with van der Waals surface area (Å²) in [6.07, 6.45) is 6.52. The van der Waals surface area contributed by atoms with Crippen LogP contribution in [0, 0.1) is 34.9 Å². The molecular weight excluding hydrogens is 429 g/mol. The first-order chi connectivity index (χ1) is 15.4. The van der Waals surface area contributed by atoms with Gasteiger partial charge in [-0.15, -0.1) is 0 Å². The Morgan fingerprint density at radius 1 is 1.25 bits per heavy atom. The molecule has 1 N–H and O–H groups in total. The molecule has 0 saturated heterocycles. The summed E-state index contributed by atoms with van der Waals surface area (Å²) in [7, 11) is 0. The maximum absolute atomic E-state index is 14.3. The molecule has 1 fully saturated rings. The summed E-state index contributed by atoms with van der Waals surface area (Å²) in [5, 5.41) is 9.72. The first-order valence-electron chi connectivity index (χ1n) is 10.8. The molecule has 2 aromatic heterocycles. The predicted molar refractivity (Wildman–Crippen MR) is 120 cm³/mol. The van der Waals surface area contributed by atoms with Crippen LogP contribution in [-0.2, 0) is 0 Å². The highest BCUT2D eigenvalue weighted by Gasteiger charge is 2.31. The van der Waals surface area contributed by atoms with Gasteiger partial charge in [-0.25, -0.2) is 19.3 Å². The van der Waals surface area contributed by atoms with Gasteiger partial charge in [0.25, 0.3) is 0 Å². The van der Waals surface area contributed by atoms with E-state index in [2.05, 4.69) is 40.7 Å². The SMILES string of the molecule is CC(C)[C@H]1CC[C@H](Oc2ncc(-c3[nH]c(-c4c(F)cccc4Cl)nc3C#N)cn2)[C@H](C)C1. The van der Waals surface area contributed by atoms with E-state index in [4.69, 9.17) is 16.3 Å². The number of H-pyrrole nitrogens is 1. The molecule has 0 spiro atoms. The van der Waals surface area contributed by atoms with Crippen LogP contribution >= 0.6 is 11.6 Å². The number of rotatable bonds is 5. The van der Waals surface area contributed by atoms with Crippen LogP contribution in [0.4, 0.5) is 4.39 Å². The van der Waals surface area contributed by atoms with Crippen LogP contribution in [0.25, 0.3) is 22.6 Å². The third-order valence-electron chi connectivity index (χ3n) is 6.26. The summed E-state index contributed by atoms with van der Waals surface area (Å²) in [6.45, 7) is 6.76. The molecule has 3 atom stereocenters. The third-order valence-corrected chi connectivity index (χ3v) is 6.57. The summed E-state index contributed by atoms with van der Waals surface area (Å²) >= 11 is 6.14. The van der Waals surface area contributed by atoms with E-state index in [-0.39, 0.29) is 28.2 Å². The van der Waals surface area contributed by atoms with Crippen molar-refractivity contribution >= 4 is 11.6 Å². The molecule has 1 aromatic carbocycles. The fourth-order valence-electron chi connectivity index (χ4n) is 4.34. The number of aromatic amines is 1. The molecule has 0 amide bonds. The number of halogens is 2. The lowest BCUT2D eigenvalue weighted by Gasteiger charge is -2.35. The van der Waals surface area contributed by atoms with E-state index in [9.17, 15) is 9.65 Å². The minimum absolute atomic E-state index is 0.0903. The number of hydrogen-bond donors (Lipinski definition) is 1. The van der Waals surface area contributed by atoms with Crippen LogP contribution in [0.5, 0.6) is 6.01 Å². The highest BCUT2D eigenvalue weighted by atomic mass is 35.5. The van der Waals surface area contributed by atoms with Crippen LogP contribution in [-0.4, -0.2) is 26.0 Å². The largest absolute Gasteiger partial charge is 0.460 e. The van der Waals surface area contributed by atoms with E-state index in [1.165, 1.54) is 12.1 Å². The lowest BCUT2D eigenvalue weighted by molar-refractivity contribution is 0.0583. The van der Waals surface area contributed by atoms with Gasteiger partial charge < -0.3 is 9.72 Å². The number of imidazole rings is 1. The fraction of sp³-hybridized carbons (Fsp3) is 0.417. The Balaban J connectivity index is 1.54. The van der Waals surface area contributed by atoms with Crippen LogP contribution < -0.4 is 4.74 Å². The smallest absolute Gasteiger partial charge is 0.316 e. The van der Waals surface area contributed by atoms with E-state index in [1.807, 2.05) is 6.07 Å². The van der Waals surface area contributed by atoms with Gasteiger partial charge in [0, 0.05) is 18.0 Å². The van der Waals surface area contributed by atoms with Crippen molar-refractivity contribution in [3.63, 3.8) is 0 Å². The van der Waals surface area contributed by atoms with Crippen molar-refractivity contribution in [2.45, 2.75) is 46.1 Å². The molecule has 0 aliphatic heterocycles. The number of nitrogens with one attached hydrogen (secondary N) is 1. The molecule has 166 valence electrons. The third kappa shape index (κ3) is 4.46.